The Balaban J connectivity index is 2.73. The number of aryl methyl sites for hydroxylation is 1. The van der Waals surface area contributed by atoms with E-state index >= 15 is 0 Å². The second-order valence-corrected chi connectivity index (χ2v) is 4.27. The number of aliphatic hydroxyl groups is 1. The minimum absolute atomic E-state index is 0.291. The Morgan fingerprint density at radius 1 is 1.27 bits per heavy atom. The lowest BCUT2D eigenvalue weighted by atomic mass is 9.98. The fourth-order valence-corrected chi connectivity index (χ4v) is 1.70. The van der Waals surface area contributed by atoms with Crippen molar-refractivity contribution in [2.45, 2.75) is 39.8 Å². The average molecular weight is 207 g/mol. The molecule has 0 heterocycles. The predicted octanol–water partition coefficient (Wildman–Crippen LogP) is 2.33. The second-order valence-electron chi connectivity index (χ2n) is 4.27. The van der Waals surface area contributed by atoms with Gasteiger partial charge in [0, 0.05) is 12.6 Å². The SMILES string of the molecule is Cc1cccc(C(C)NC[C@H](C)O)c1C. The Morgan fingerprint density at radius 3 is 2.53 bits per heavy atom. The van der Waals surface area contributed by atoms with Crippen molar-refractivity contribution in [1.29, 1.82) is 0 Å². The first-order valence-electron chi connectivity index (χ1n) is 5.50. The van der Waals surface area contributed by atoms with Gasteiger partial charge in [-0.2, -0.15) is 0 Å². The lowest BCUT2D eigenvalue weighted by Crippen LogP contribution is -2.27. The van der Waals surface area contributed by atoms with E-state index in [0.717, 1.165) is 0 Å². The van der Waals surface area contributed by atoms with Crippen molar-refractivity contribution in [1.82, 2.24) is 5.32 Å². The van der Waals surface area contributed by atoms with E-state index < -0.39 is 0 Å². The summed E-state index contributed by atoms with van der Waals surface area (Å²) in [5.74, 6) is 0. The lowest BCUT2D eigenvalue weighted by Gasteiger charge is -2.18. The maximum Gasteiger partial charge on any atom is 0.0636 e. The Hall–Kier alpha value is -0.860. The molecule has 1 aromatic carbocycles. The molecule has 2 N–H and O–H groups in total. The summed E-state index contributed by atoms with van der Waals surface area (Å²) in [5.41, 5.74) is 3.97. The Kier molecular flexibility index (Phi) is 4.30. The second kappa shape index (κ2) is 5.29. The molecule has 0 aliphatic carbocycles. The standard InChI is InChI=1S/C13H21NO/c1-9-6-5-7-13(11(9)3)12(4)14-8-10(2)15/h5-7,10,12,14-15H,8H2,1-4H3/t10-,12?/m0/s1. The van der Waals surface area contributed by atoms with Crippen LogP contribution >= 0.6 is 0 Å². The molecule has 0 spiro atoms. The average Bonchev–Trinajstić information content (AvgIpc) is 2.18. The van der Waals surface area contributed by atoms with Crippen LogP contribution in [-0.4, -0.2) is 17.8 Å². The smallest absolute Gasteiger partial charge is 0.0636 e. The number of benzene rings is 1. The van der Waals surface area contributed by atoms with Gasteiger partial charge in [0.15, 0.2) is 0 Å². The minimum atomic E-state index is -0.294. The van der Waals surface area contributed by atoms with Gasteiger partial charge in [-0.05, 0) is 44.4 Å². The molecular formula is C13H21NO. The van der Waals surface area contributed by atoms with E-state index in [1.54, 1.807) is 6.92 Å². The van der Waals surface area contributed by atoms with Crippen LogP contribution < -0.4 is 5.32 Å². The van der Waals surface area contributed by atoms with Crippen LogP contribution in [0.3, 0.4) is 0 Å². The summed E-state index contributed by atoms with van der Waals surface area (Å²) in [5, 5.41) is 12.5. The van der Waals surface area contributed by atoms with Crippen molar-refractivity contribution in [2.75, 3.05) is 6.54 Å². The summed E-state index contributed by atoms with van der Waals surface area (Å²) in [6, 6.07) is 6.64. The molecule has 0 radical (unpaired) electrons. The highest BCUT2D eigenvalue weighted by molar-refractivity contribution is 5.34. The molecule has 1 unspecified atom stereocenters. The van der Waals surface area contributed by atoms with E-state index in [4.69, 9.17) is 0 Å². The quantitative estimate of drug-likeness (QED) is 0.794. The van der Waals surface area contributed by atoms with Crippen molar-refractivity contribution >= 4 is 0 Å². The van der Waals surface area contributed by atoms with Crippen LogP contribution in [0.15, 0.2) is 18.2 Å². The highest BCUT2D eigenvalue weighted by Gasteiger charge is 2.09. The van der Waals surface area contributed by atoms with Crippen molar-refractivity contribution in [3.05, 3.63) is 34.9 Å². The molecule has 0 aliphatic rings. The number of aliphatic hydroxyl groups excluding tert-OH is 1. The first-order valence-corrected chi connectivity index (χ1v) is 5.50. The Labute approximate surface area is 92.3 Å². The molecule has 0 saturated carbocycles. The molecule has 0 bridgehead atoms. The van der Waals surface area contributed by atoms with E-state index in [2.05, 4.69) is 44.3 Å². The summed E-state index contributed by atoms with van der Waals surface area (Å²) in [7, 11) is 0. The van der Waals surface area contributed by atoms with Crippen LogP contribution in [0, 0.1) is 13.8 Å². The molecule has 2 nitrogen and oxygen atoms in total. The zero-order valence-corrected chi connectivity index (χ0v) is 10.0. The van der Waals surface area contributed by atoms with Crippen LogP contribution in [0.5, 0.6) is 0 Å². The van der Waals surface area contributed by atoms with Crippen molar-refractivity contribution in [3.63, 3.8) is 0 Å². The number of hydrogen-bond donors (Lipinski definition) is 2. The summed E-state index contributed by atoms with van der Waals surface area (Å²) >= 11 is 0. The van der Waals surface area contributed by atoms with E-state index in [0.29, 0.717) is 12.6 Å². The zero-order valence-electron chi connectivity index (χ0n) is 10.0. The predicted molar refractivity (Wildman–Crippen MR) is 64.0 cm³/mol. The van der Waals surface area contributed by atoms with Crippen LogP contribution in [0.4, 0.5) is 0 Å². The van der Waals surface area contributed by atoms with Gasteiger partial charge in [-0.1, -0.05) is 18.2 Å². The summed E-state index contributed by atoms with van der Waals surface area (Å²) in [6.07, 6.45) is -0.294. The van der Waals surface area contributed by atoms with Gasteiger partial charge in [0.1, 0.15) is 0 Å². The van der Waals surface area contributed by atoms with E-state index in [1.807, 2.05) is 0 Å². The van der Waals surface area contributed by atoms with E-state index in [-0.39, 0.29) is 6.10 Å². The molecule has 15 heavy (non-hydrogen) atoms. The van der Waals surface area contributed by atoms with Crippen LogP contribution in [0.2, 0.25) is 0 Å². The van der Waals surface area contributed by atoms with E-state index in [1.165, 1.54) is 16.7 Å². The van der Waals surface area contributed by atoms with Crippen LogP contribution in [-0.2, 0) is 0 Å². The Bertz CT molecular complexity index is 320. The van der Waals surface area contributed by atoms with E-state index in [9.17, 15) is 5.11 Å². The maximum atomic E-state index is 9.21. The van der Waals surface area contributed by atoms with Crippen LogP contribution in [0.1, 0.15) is 36.6 Å². The highest BCUT2D eigenvalue weighted by Crippen LogP contribution is 2.19. The fourth-order valence-electron chi connectivity index (χ4n) is 1.70. The van der Waals surface area contributed by atoms with Crippen molar-refractivity contribution in [3.8, 4) is 0 Å². The highest BCUT2D eigenvalue weighted by atomic mass is 16.3. The molecule has 0 amide bonds. The van der Waals surface area contributed by atoms with Gasteiger partial charge >= 0.3 is 0 Å². The minimum Gasteiger partial charge on any atom is -0.392 e. The largest absolute Gasteiger partial charge is 0.392 e. The van der Waals surface area contributed by atoms with Gasteiger partial charge in [-0.3, -0.25) is 0 Å². The lowest BCUT2D eigenvalue weighted by molar-refractivity contribution is 0.187. The topological polar surface area (TPSA) is 32.3 Å². The first-order chi connectivity index (χ1) is 7.02. The number of nitrogens with one attached hydrogen (secondary N) is 1. The van der Waals surface area contributed by atoms with Crippen LogP contribution in [0.25, 0.3) is 0 Å². The number of rotatable bonds is 4. The zero-order chi connectivity index (χ0) is 11.4. The maximum absolute atomic E-state index is 9.21. The molecule has 2 heteroatoms. The molecule has 84 valence electrons. The van der Waals surface area contributed by atoms with Gasteiger partial charge in [0.05, 0.1) is 6.10 Å². The van der Waals surface area contributed by atoms with Gasteiger partial charge in [0.25, 0.3) is 0 Å². The molecule has 0 saturated heterocycles. The third-order valence-corrected chi connectivity index (χ3v) is 2.83. The summed E-state index contributed by atoms with van der Waals surface area (Å²) < 4.78 is 0. The van der Waals surface area contributed by atoms with Crippen molar-refractivity contribution in [2.24, 2.45) is 0 Å². The summed E-state index contributed by atoms with van der Waals surface area (Å²) in [4.78, 5) is 0. The third-order valence-electron chi connectivity index (χ3n) is 2.83. The van der Waals surface area contributed by atoms with Gasteiger partial charge in [-0.15, -0.1) is 0 Å². The van der Waals surface area contributed by atoms with Gasteiger partial charge < -0.3 is 10.4 Å². The molecule has 1 aromatic rings. The molecule has 1 rings (SSSR count). The molecule has 0 aromatic heterocycles. The fraction of sp³-hybridized carbons (Fsp3) is 0.538. The van der Waals surface area contributed by atoms with Gasteiger partial charge in [0.2, 0.25) is 0 Å². The molecule has 0 aliphatic heterocycles. The number of hydrogen-bond acceptors (Lipinski definition) is 2. The van der Waals surface area contributed by atoms with Crippen molar-refractivity contribution < 1.29 is 5.11 Å². The molecule has 2 atom stereocenters. The third kappa shape index (κ3) is 3.33. The first kappa shape index (κ1) is 12.2. The molecule has 0 fully saturated rings. The Morgan fingerprint density at radius 2 is 1.93 bits per heavy atom. The van der Waals surface area contributed by atoms with Gasteiger partial charge in [-0.25, -0.2) is 0 Å². The normalized spacial score (nSPS) is 15.0. The monoisotopic (exact) mass is 207 g/mol. The summed E-state index contributed by atoms with van der Waals surface area (Å²) in [6.45, 7) is 8.83. The molecular weight excluding hydrogens is 186 g/mol.